The lowest BCUT2D eigenvalue weighted by Crippen LogP contribution is -2.46. The average Bonchev–Trinajstić information content (AvgIpc) is 3.29. The summed E-state index contributed by atoms with van der Waals surface area (Å²) in [6.07, 6.45) is 9.24. The quantitative estimate of drug-likeness (QED) is 0.480. The number of nitrogens with zero attached hydrogens (tertiary/aromatic N) is 1. The van der Waals surface area contributed by atoms with Crippen molar-refractivity contribution in [2.75, 3.05) is 19.9 Å². The Balaban J connectivity index is 1.56. The van der Waals surface area contributed by atoms with Crippen LogP contribution in [0.3, 0.4) is 0 Å². The number of benzene rings is 1. The van der Waals surface area contributed by atoms with Crippen LogP contribution in [0, 0.1) is 0 Å². The molecule has 6 nitrogen and oxygen atoms in total. The van der Waals surface area contributed by atoms with Crippen LogP contribution >= 0.6 is 0 Å². The minimum atomic E-state index is -0.719. The summed E-state index contributed by atoms with van der Waals surface area (Å²) in [6.45, 7) is 2.66. The molecule has 7 heteroatoms. The highest BCUT2D eigenvalue weighted by molar-refractivity contribution is 7.85. The molecule has 0 aromatic heterocycles. The molecule has 0 saturated heterocycles. The third-order valence-corrected chi connectivity index (χ3v) is 7.87. The Bertz CT molecular complexity index is 734. The van der Waals surface area contributed by atoms with Gasteiger partial charge in [-0.3, -0.25) is 9.20 Å². The largest absolute Gasteiger partial charge is 0.493 e. The maximum atomic E-state index is 12.2. The van der Waals surface area contributed by atoms with E-state index in [1.807, 2.05) is 13.0 Å². The van der Waals surface area contributed by atoms with E-state index < -0.39 is 10.8 Å². The van der Waals surface area contributed by atoms with Crippen molar-refractivity contribution < 1.29 is 13.7 Å². The predicted molar refractivity (Wildman–Crippen MR) is 124 cm³/mol. The average molecular weight is 436 g/mol. The van der Waals surface area contributed by atoms with E-state index in [-0.39, 0.29) is 0 Å². The molecule has 3 atom stereocenters. The molecule has 30 heavy (non-hydrogen) atoms. The van der Waals surface area contributed by atoms with Gasteiger partial charge in [-0.1, -0.05) is 19.4 Å². The lowest BCUT2D eigenvalue weighted by Gasteiger charge is -2.30. The summed E-state index contributed by atoms with van der Waals surface area (Å²) in [5.74, 6) is 3.14. The number of rotatable bonds is 8. The fraction of sp³-hybridized carbons (Fsp3) is 0.696. The topological polar surface area (TPSA) is 72.0 Å². The monoisotopic (exact) mass is 435 g/mol. The molecule has 168 valence electrons. The molecule has 2 aliphatic carbocycles. The van der Waals surface area contributed by atoms with Crippen molar-refractivity contribution in [3.05, 3.63) is 23.8 Å². The first-order chi connectivity index (χ1) is 14.6. The van der Waals surface area contributed by atoms with E-state index in [9.17, 15) is 4.21 Å². The zero-order valence-corrected chi connectivity index (χ0v) is 19.4. The Hall–Kier alpha value is -1.76. The van der Waals surface area contributed by atoms with Gasteiger partial charge in [0.1, 0.15) is 0 Å². The van der Waals surface area contributed by atoms with Crippen LogP contribution in [0.4, 0.5) is 0 Å². The third kappa shape index (κ3) is 6.37. The standard InChI is InChI=1S/C23H37N3O3S/c1-4-30(27)20-11-7-8-18(15-20)26-23(24-2)25-16-17-12-13-21(28-3)22(14-17)29-19-9-5-6-10-19/h12-14,18-20H,4-11,15-16H2,1-3H3,(H2,24,25,26). The Kier molecular flexibility index (Phi) is 8.85. The highest BCUT2D eigenvalue weighted by Crippen LogP contribution is 2.32. The lowest BCUT2D eigenvalue weighted by atomic mass is 9.95. The van der Waals surface area contributed by atoms with Crippen molar-refractivity contribution >= 4 is 16.8 Å². The van der Waals surface area contributed by atoms with Crippen molar-refractivity contribution in [3.63, 3.8) is 0 Å². The summed E-state index contributed by atoms with van der Waals surface area (Å²) in [6, 6.07) is 6.42. The van der Waals surface area contributed by atoms with Gasteiger partial charge in [-0.15, -0.1) is 0 Å². The van der Waals surface area contributed by atoms with Gasteiger partial charge in [0.25, 0.3) is 0 Å². The Morgan fingerprint density at radius 2 is 1.97 bits per heavy atom. The molecular formula is C23H37N3O3S. The van der Waals surface area contributed by atoms with Gasteiger partial charge in [0.15, 0.2) is 17.5 Å². The lowest BCUT2D eigenvalue weighted by molar-refractivity contribution is 0.200. The van der Waals surface area contributed by atoms with E-state index in [0.29, 0.717) is 23.9 Å². The van der Waals surface area contributed by atoms with Crippen molar-refractivity contribution in [1.82, 2.24) is 10.6 Å². The summed E-state index contributed by atoms with van der Waals surface area (Å²) < 4.78 is 23.9. The molecule has 3 unspecified atom stereocenters. The smallest absolute Gasteiger partial charge is 0.191 e. The van der Waals surface area contributed by atoms with Gasteiger partial charge >= 0.3 is 0 Å². The van der Waals surface area contributed by atoms with Gasteiger partial charge in [-0.05, 0) is 62.6 Å². The number of hydrogen-bond donors (Lipinski definition) is 2. The first-order valence-electron chi connectivity index (χ1n) is 11.3. The second-order valence-electron chi connectivity index (χ2n) is 8.23. The van der Waals surface area contributed by atoms with E-state index in [0.717, 1.165) is 67.3 Å². The van der Waals surface area contributed by atoms with Crippen molar-refractivity contribution in [1.29, 1.82) is 0 Å². The first kappa shape index (κ1) is 22.9. The van der Waals surface area contributed by atoms with Crippen LogP contribution < -0.4 is 20.1 Å². The highest BCUT2D eigenvalue weighted by Gasteiger charge is 2.26. The van der Waals surface area contributed by atoms with Crippen LogP contribution in [0.25, 0.3) is 0 Å². The first-order valence-corrected chi connectivity index (χ1v) is 12.7. The van der Waals surface area contributed by atoms with E-state index in [1.165, 1.54) is 12.8 Å². The van der Waals surface area contributed by atoms with Crippen LogP contribution in [0.5, 0.6) is 11.5 Å². The number of ether oxygens (including phenoxy) is 2. The molecule has 1 aromatic carbocycles. The molecule has 2 fully saturated rings. The normalized spacial score (nSPS) is 23.8. The Labute approximate surface area is 183 Å². The molecule has 1 aromatic rings. The van der Waals surface area contributed by atoms with Gasteiger partial charge in [0.2, 0.25) is 0 Å². The molecule has 3 rings (SSSR count). The van der Waals surface area contributed by atoms with E-state index in [4.69, 9.17) is 9.47 Å². The van der Waals surface area contributed by atoms with Crippen molar-refractivity contribution in [3.8, 4) is 11.5 Å². The number of aliphatic imine (C=N–C) groups is 1. The van der Waals surface area contributed by atoms with Gasteiger partial charge in [0.05, 0.1) is 13.2 Å². The van der Waals surface area contributed by atoms with E-state index >= 15 is 0 Å². The zero-order chi connectivity index (χ0) is 21.3. The predicted octanol–water partition coefficient (Wildman–Crippen LogP) is 3.76. The number of nitrogens with one attached hydrogen (secondary N) is 2. The van der Waals surface area contributed by atoms with E-state index in [1.54, 1.807) is 14.2 Å². The van der Waals surface area contributed by atoms with Crippen molar-refractivity contribution in [2.24, 2.45) is 4.99 Å². The van der Waals surface area contributed by atoms with Crippen molar-refractivity contribution in [2.45, 2.75) is 82.2 Å². The Morgan fingerprint density at radius 1 is 1.17 bits per heavy atom. The summed E-state index contributed by atoms with van der Waals surface area (Å²) in [4.78, 5) is 4.39. The number of guanidine groups is 1. The summed E-state index contributed by atoms with van der Waals surface area (Å²) in [5.41, 5.74) is 1.13. The molecule has 0 amide bonds. The SMILES string of the molecule is CCS(=O)C1CCCC(NC(=NC)NCc2ccc(OC)c(OC3CCCC3)c2)C1. The molecule has 0 bridgehead atoms. The highest BCUT2D eigenvalue weighted by atomic mass is 32.2. The minimum absolute atomic E-state index is 0.296. The third-order valence-electron chi connectivity index (χ3n) is 6.13. The molecule has 2 saturated carbocycles. The molecule has 0 radical (unpaired) electrons. The summed E-state index contributed by atoms with van der Waals surface area (Å²) in [7, 11) is 2.76. The van der Waals surface area contributed by atoms with Gasteiger partial charge in [-0.25, -0.2) is 0 Å². The second-order valence-corrected chi connectivity index (χ2v) is 10.2. The molecule has 0 spiro atoms. The molecule has 2 aliphatic rings. The molecule has 0 heterocycles. The van der Waals surface area contributed by atoms with Crippen LogP contribution in [0.1, 0.15) is 63.9 Å². The maximum absolute atomic E-state index is 12.2. The number of hydrogen-bond acceptors (Lipinski definition) is 4. The van der Waals surface area contributed by atoms with E-state index in [2.05, 4.69) is 27.8 Å². The van der Waals surface area contributed by atoms with Crippen LogP contribution in [0.15, 0.2) is 23.2 Å². The van der Waals surface area contributed by atoms with Crippen LogP contribution in [-0.2, 0) is 17.3 Å². The zero-order valence-electron chi connectivity index (χ0n) is 18.6. The summed E-state index contributed by atoms with van der Waals surface area (Å²) >= 11 is 0. The molecule has 0 aliphatic heterocycles. The molecular weight excluding hydrogens is 398 g/mol. The maximum Gasteiger partial charge on any atom is 0.191 e. The Morgan fingerprint density at radius 3 is 2.67 bits per heavy atom. The van der Waals surface area contributed by atoms with Gasteiger partial charge < -0.3 is 20.1 Å². The molecule has 2 N–H and O–H groups in total. The summed E-state index contributed by atoms with van der Waals surface area (Å²) in [5, 5.41) is 7.25. The van der Waals surface area contributed by atoms with Crippen LogP contribution in [0.2, 0.25) is 0 Å². The van der Waals surface area contributed by atoms with Crippen LogP contribution in [-0.4, -0.2) is 47.5 Å². The van der Waals surface area contributed by atoms with Gasteiger partial charge in [-0.2, -0.15) is 0 Å². The number of methoxy groups -OCH3 is 1. The minimum Gasteiger partial charge on any atom is -0.493 e. The van der Waals surface area contributed by atoms with Gasteiger partial charge in [0, 0.05) is 41.4 Å². The fourth-order valence-corrected chi connectivity index (χ4v) is 5.78. The fourth-order valence-electron chi connectivity index (χ4n) is 4.43. The second kappa shape index (κ2) is 11.6.